The number of piperidine rings is 1. The first kappa shape index (κ1) is 12.0. The number of rotatable bonds is 0. The standard InChI is InChI=1S/C19H22N2/c1-2-6-14-12-21-10-9-16-15-7-3-4-8-17(15)20-19(16)18(21)11-13(14)5-1/h1-4,7-8,13-14,18,20H,5-6,9-12H2/t13-,14-,18-/m0/s1. The largest absolute Gasteiger partial charge is 0.357 e. The van der Waals surface area contributed by atoms with Crippen LogP contribution in [0.2, 0.25) is 0 Å². The van der Waals surface area contributed by atoms with Crippen molar-refractivity contribution in [2.24, 2.45) is 11.8 Å². The maximum Gasteiger partial charge on any atom is 0.0504 e. The summed E-state index contributed by atoms with van der Waals surface area (Å²) in [4.78, 5) is 6.50. The van der Waals surface area contributed by atoms with Crippen molar-refractivity contribution in [2.75, 3.05) is 13.1 Å². The van der Waals surface area contributed by atoms with Crippen LogP contribution in [-0.4, -0.2) is 23.0 Å². The highest BCUT2D eigenvalue weighted by Crippen LogP contribution is 2.45. The molecule has 1 saturated heterocycles. The van der Waals surface area contributed by atoms with Crippen molar-refractivity contribution in [3.8, 4) is 0 Å². The van der Waals surface area contributed by atoms with Crippen molar-refractivity contribution >= 4 is 10.9 Å². The van der Waals surface area contributed by atoms with E-state index >= 15 is 0 Å². The Labute approximate surface area is 125 Å². The second-order valence-corrected chi connectivity index (χ2v) is 7.02. The first-order valence-corrected chi connectivity index (χ1v) is 8.38. The molecule has 2 nitrogen and oxygen atoms in total. The SMILES string of the molecule is C1=CC[C@H]2CN3CCc4c([nH]c5ccccc45)[C@@H]3C[C@@H]2C1. The molecule has 5 rings (SSSR count). The predicted molar refractivity (Wildman–Crippen MR) is 86.3 cm³/mol. The normalized spacial score (nSPS) is 31.7. The van der Waals surface area contributed by atoms with Crippen LogP contribution < -0.4 is 0 Å². The maximum atomic E-state index is 3.75. The van der Waals surface area contributed by atoms with Crippen molar-refractivity contribution in [3.05, 3.63) is 47.7 Å². The van der Waals surface area contributed by atoms with Crippen molar-refractivity contribution in [1.29, 1.82) is 0 Å². The lowest BCUT2D eigenvalue weighted by Gasteiger charge is -2.47. The molecule has 3 heterocycles. The lowest BCUT2D eigenvalue weighted by atomic mass is 9.73. The molecule has 2 aromatic rings. The number of hydrogen-bond donors (Lipinski definition) is 1. The van der Waals surface area contributed by atoms with Gasteiger partial charge < -0.3 is 4.98 Å². The Bertz CT molecular complexity index is 711. The van der Waals surface area contributed by atoms with Crippen LogP contribution in [0, 0.1) is 11.8 Å². The molecule has 0 spiro atoms. The van der Waals surface area contributed by atoms with Crippen LogP contribution in [0.4, 0.5) is 0 Å². The number of nitrogens with one attached hydrogen (secondary N) is 1. The Balaban J connectivity index is 1.58. The van der Waals surface area contributed by atoms with E-state index in [-0.39, 0.29) is 0 Å². The molecule has 0 bridgehead atoms. The molecule has 0 radical (unpaired) electrons. The van der Waals surface area contributed by atoms with Gasteiger partial charge in [-0.1, -0.05) is 30.4 Å². The molecule has 21 heavy (non-hydrogen) atoms. The summed E-state index contributed by atoms with van der Waals surface area (Å²) >= 11 is 0. The molecule has 1 aromatic carbocycles. The minimum atomic E-state index is 0.633. The summed E-state index contributed by atoms with van der Waals surface area (Å²) in [5.41, 5.74) is 4.45. The number of aromatic amines is 1. The summed E-state index contributed by atoms with van der Waals surface area (Å²) in [6.45, 7) is 2.54. The minimum Gasteiger partial charge on any atom is -0.357 e. The number of benzene rings is 1. The van der Waals surface area contributed by atoms with Crippen molar-refractivity contribution in [3.63, 3.8) is 0 Å². The minimum absolute atomic E-state index is 0.633. The highest BCUT2D eigenvalue weighted by atomic mass is 15.2. The van der Waals surface area contributed by atoms with Gasteiger partial charge in [0.25, 0.3) is 0 Å². The fourth-order valence-corrected chi connectivity index (χ4v) is 4.88. The van der Waals surface area contributed by atoms with E-state index in [1.54, 1.807) is 5.56 Å². The lowest BCUT2D eigenvalue weighted by molar-refractivity contribution is 0.0513. The Morgan fingerprint density at radius 1 is 1.05 bits per heavy atom. The molecule has 3 aliphatic rings. The molecule has 1 fully saturated rings. The summed E-state index contributed by atoms with van der Waals surface area (Å²) in [5, 5.41) is 1.46. The van der Waals surface area contributed by atoms with Gasteiger partial charge in [-0.05, 0) is 49.1 Å². The fraction of sp³-hybridized carbons (Fsp3) is 0.474. The van der Waals surface area contributed by atoms with E-state index in [0.717, 1.165) is 11.8 Å². The molecule has 2 aliphatic heterocycles. The van der Waals surface area contributed by atoms with Gasteiger partial charge in [-0.3, -0.25) is 4.90 Å². The van der Waals surface area contributed by atoms with Gasteiger partial charge in [0.2, 0.25) is 0 Å². The van der Waals surface area contributed by atoms with Gasteiger partial charge in [-0.15, -0.1) is 0 Å². The molecule has 2 heteroatoms. The molecule has 0 amide bonds. The highest BCUT2D eigenvalue weighted by molar-refractivity contribution is 5.85. The van der Waals surface area contributed by atoms with E-state index in [9.17, 15) is 0 Å². The Kier molecular flexibility index (Phi) is 2.57. The zero-order valence-corrected chi connectivity index (χ0v) is 12.4. The predicted octanol–water partition coefficient (Wildman–Crippen LogP) is 4.05. The van der Waals surface area contributed by atoms with Gasteiger partial charge in [0, 0.05) is 29.7 Å². The number of H-pyrrole nitrogens is 1. The number of nitrogens with zero attached hydrogens (tertiary/aromatic N) is 1. The molecular formula is C19H22N2. The van der Waals surface area contributed by atoms with Gasteiger partial charge in [-0.25, -0.2) is 0 Å². The fourth-order valence-electron chi connectivity index (χ4n) is 4.88. The van der Waals surface area contributed by atoms with Crippen LogP contribution in [0.3, 0.4) is 0 Å². The summed E-state index contributed by atoms with van der Waals surface area (Å²) in [6, 6.07) is 9.47. The Morgan fingerprint density at radius 2 is 1.90 bits per heavy atom. The van der Waals surface area contributed by atoms with E-state index in [4.69, 9.17) is 0 Å². The van der Waals surface area contributed by atoms with Gasteiger partial charge in [0.1, 0.15) is 0 Å². The number of hydrogen-bond acceptors (Lipinski definition) is 1. The molecule has 1 aromatic heterocycles. The van der Waals surface area contributed by atoms with Gasteiger partial charge in [0.15, 0.2) is 0 Å². The van der Waals surface area contributed by atoms with Crippen LogP contribution >= 0.6 is 0 Å². The van der Waals surface area contributed by atoms with Crippen LogP contribution in [0.25, 0.3) is 10.9 Å². The zero-order chi connectivity index (χ0) is 13.8. The van der Waals surface area contributed by atoms with Crippen molar-refractivity contribution in [2.45, 2.75) is 31.7 Å². The van der Waals surface area contributed by atoms with Crippen molar-refractivity contribution in [1.82, 2.24) is 9.88 Å². The molecular weight excluding hydrogens is 256 g/mol. The van der Waals surface area contributed by atoms with Crippen LogP contribution in [0.1, 0.15) is 36.6 Å². The van der Waals surface area contributed by atoms with E-state index in [1.807, 2.05) is 0 Å². The third-order valence-corrected chi connectivity index (χ3v) is 5.98. The van der Waals surface area contributed by atoms with Gasteiger partial charge in [-0.2, -0.15) is 0 Å². The average molecular weight is 278 g/mol. The van der Waals surface area contributed by atoms with Crippen molar-refractivity contribution < 1.29 is 0 Å². The Morgan fingerprint density at radius 3 is 2.86 bits per heavy atom. The first-order chi connectivity index (χ1) is 10.4. The molecule has 3 atom stereocenters. The maximum absolute atomic E-state index is 3.75. The quantitative estimate of drug-likeness (QED) is 0.720. The monoisotopic (exact) mass is 278 g/mol. The number of aromatic nitrogens is 1. The smallest absolute Gasteiger partial charge is 0.0504 e. The molecule has 0 saturated carbocycles. The first-order valence-electron chi connectivity index (χ1n) is 8.38. The Hall–Kier alpha value is -1.54. The van der Waals surface area contributed by atoms with E-state index in [0.29, 0.717) is 6.04 Å². The lowest BCUT2D eigenvalue weighted by Crippen LogP contribution is -2.46. The molecule has 1 aliphatic carbocycles. The van der Waals surface area contributed by atoms with Gasteiger partial charge >= 0.3 is 0 Å². The third kappa shape index (κ3) is 1.75. The number of fused-ring (bicyclic) bond motifs is 6. The highest BCUT2D eigenvalue weighted by Gasteiger charge is 2.39. The summed E-state index contributed by atoms with van der Waals surface area (Å²) in [5.74, 6) is 1.80. The zero-order valence-electron chi connectivity index (χ0n) is 12.4. The van der Waals surface area contributed by atoms with E-state index in [1.165, 1.54) is 55.4 Å². The third-order valence-electron chi connectivity index (χ3n) is 5.98. The molecule has 1 N–H and O–H groups in total. The second kappa shape index (κ2) is 4.48. The van der Waals surface area contributed by atoms with E-state index < -0.39 is 0 Å². The average Bonchev–Trinajstić information content (AvgIpc) is 2.92. The van der Waals surface area contributed by atoms with Crippen LogP contribution in [-0.2, 0) is 6.42 Å². The van der Waals surface area contributed by atoms with Crippen LogP contribution in [0.15, 0.2) is 36.4 Å². The topological polar surface area (TPSA) is 19.0 Å². The number of para-hydroxylation sites is 1. The van der Waals surface area contributed by atoms with Crippen LogP contribution in [0.5, 0.6) is 0 Å². The van der Waals surface area contributed by atoms with E-state index in [2.05, 4.69) is 46.3 Å². The summed E-state index contributed by atoms with van der Waals surface area (Å²) < 4.78 is 0. The summed E-state index contributed by atoms with van der Waals surface area (Å²) in [7, 11) is 0. The summed E-state index contributed by atoms with van der Waals surface area (Å²) in [6.07, 6.45) is 9.96. The number of allylic oxidation sites excluding steroid dienone is 2. The molecule has 0 unspecified atom stereocenters. The second-order valence-electron chi connectivity index (χ2n) is 7.02. The van der Waals surface area contributed by atoms with Gasteiger partial charge in [0.05, 0.1) is 6.04 Å². The molecule has 108 valence electrons.